The predicted molar refractivity (Wildman–Crippen MR) is 94.0 cm³/mol. The van der Waals surface area contributed by atoms with Crippen LogP contribution in [0.1, 0.15) is 5.56 Å². The number of nitrogens with zero attached hydrogens (tertiary/aromatic N) is 5. The lowest BCUT2D eigenvalue weighted by Crippen LogP contribution is -2.26. The fourth-order valence-corrected chi connectivity index (χ4v) is 2.51. The summed E-state index contributed by atoms with van der Waals surface area (Å²) in [7, 11) is 1.96. The van der Waals surface area contributed by atoms with E-state index in [4.69, 9.17) is 28.9 Å². The van der Waals surface area contributed by atoms with Crippen LogP contribution in [0.5, 0.6) is 0 Å². The maximum absolute atomic E-state index is 6.09. The normalized spacial score (nSPS) is 11.3. The highest BCUT2D eigenvalue weighted by atomic mass is 35.5. The van der Waals surface area contributed by atoms with Crippen LogP contribution in [0.15, 0.2) is 59.2 Å². The molecule has 6 nitrogen and oxygen atoms in total. The Morgan fingerprint density at radius 1 is 1.12 bits per heavy atom. The predicted octanol–water partition coefficient (Wildman–Crippen LogP) is 4.06. The molecule has 0 amide bonds. The van der Waals surface area contributed by atoms with Crippen LogP contribution in [0.4, 0.5) is 17.2 Å². The summed E-state index contributed by atoms with van der Waals surface area (Å²) in [4.78, 5) is 0. The molecule has 0 fully saturated rings. The Morgan fingerprint density at radius 3 is 2.54 bits per heavy atom. The van der Waals surface area contributed by atoms with E-state index in [0.717, 1.165) is 5.56 Å². The van der Waals surface area contributed by atoms with Gasteiger partial charge >= 0.3 is 0 Å². The number of nitrogen functional groups attached to an aromatic ring is 1. The fourth-order valence-electron chi connectivity index (χ4n) is 2.07. The summed E-state index contributed by atoms with van der Waals surface area (Å²) in [6.07, 6.45) is 5.52. The number of aryl methyl sites for hydroxylation is 1. The maximum atomic E-state index is 6.09. The second-order valence-electron chi connectivity index (χ2n) is 5.24. The first kappa shape index (κ1) is 16.4. The van der Waals surface area contributed by atoms with Crippen molar-refractivity contribution < 1.29 is 4.57 Å². The van der Waals surface area contributed by atoms with E-state index in [2.05, 4.69) is 15.3 Å². The molecule has 2 N–H and O–H groups in total. The van der Waals surface area contributed by atoms with Crippen molar-refractivity contribution in [1.29, 1.82) is 0 Å². The third kappa shape index (κ3) is 3.72. The largest absolute Gasteiger partial charge is 0.382 e. The molecule has 0 bridgehead atoms. The van der Waals surface area contributed by atoms with Gasteiger partial charge in [-0.05, 0) is 23.8 Å². The van der Waals surface area contributed by atoms with Gasteiger partial charge in [0, 0.05) is 17.2 Å². The Balaban J connectivity index is 1.79. The summed E-state index contributed by atoms with van der Waals surface area (Å²) in [6.45, 7) is 0.559. The van der Waals surface area contributed by atoms with Crippen LogP contribution < -0.4 is 10.3 Å². The minimum Gasteiger partial charge on any atom is -0.382 e. The van der Waals surface area contributed by atoms with Crippen LogP contribution >= 0.6 is 23.2 Å². The molecule has 0 spiro atoms. The van der Waals surface area contributed by atoms with Crippen LogP contribution in [0.25, 0.3) is 0 Å². The van der Waals surface area contributed by atoms with E-state index in [-0.39, 0.29) is 0 Å². The summed E-state index contributed by atoms with van der Waals surface area (Å²) in [5, 5.41) is 13.5. The summed E-state index contributed by atoms with van der Waals surface area (Å²) in [6, 6.07) is 9.02. The van der Waals surface area contributed by atoms with E-state index < -0.39 is 0 Å². The number of pyridine rings is 1. The summed E-state index contributed by atoms with van der Waals surface area (Å²) >= 11 is 11.9. The Bertz CT molecular complexity index is 886. The number of aromatic nitrogens is 3. The lowest BCUT2D eigenvalue weighted by atomic mass is 10.3. The number of halogens is 2. The number of nitrogens with two attached hydrogens (primary N) is 1. The second-order valence-corrected chi connectivity index (χ2v) is 6.08. The minimum absolute atomic E-state index is 0.425. The average molecular weight is 362 g/mol. The number of hydrogen-bond acceptors (Lipinski definition) is 4. The van der Waals surface area contributed by atoms with Gasteiger partial charge in [-0.25, -0.2) is 9.25 Å². The third-order valence-corrected chi connectivity index (χ3v) is 3.95. The van der Waals surface area contributed by atoms with E-state index in [9.17, 15) is 0 Å². The molecular weight excluding hydrogens is 347 g/mol. The van der Waals surface area contributed by atoms with E-state index in [1.807, 2.05) is 36.1 Å². The molecule has 2 heterocycles. The molecule has 1 aromatic carbocycles. The van der Waals surface area contributed by atoms with Crippen LogP contribution in [-0.4, -0.2) is 9.78 Å². The lowest BCUT2D eigenvalue weighted by molar-refractivity contribution is -0.671. The van der Waals surface area contributed by atoms with Gasteiger partial charge in [0.25, 0.3) is 0 Å². The molecule has 0 unspecified atom stereocenters. The number of anilines is 1. The van der Waals surface area contributed by atoms with Gasteiger partial charge in [-0.15, -0.1) is 10.2 Å². The molecule has 0 atom stereocenters. The number of azo groups is 1. The quantitative estimate of drug-likeness (QED) is 0.562. The molecule has 0 aliphatic rings. The molecular formula is C16H15Cl2N6+. The van der Waals surface area contributed by atoms with Gasteiger partial charge in [0.05, 0.1) is 17.8 Å². The van der Waals surface area contributed by atoms with Crippen LogP contribution in [0.2, 0.25) is 10.0 Å². The van der Waals surface area contributed by atoms with Crippen molar-refractivity contribution in [2.24, 2.45) is 17.3 Å². The molecule has 0 aliphatic carbocycles. The van der Waals surface area contributed by atoms with Crippen LogP contribution in [-0.2, 0) is 13.6 Å². The molecule has 3 rings (SSSR count). The van der Waals surface area contributed by atoms with Gasteiger partial charge in [0.1, 0.15) is 24.2 Å². The molecule has 0 aliphatic heterocycles. The highest BCUT2D eigenvalue weighted by Crippen LogP contribution is 2.30. The van der Waals surface area contributed by atoms with E-state index >= 15 is 0 Å². The zero-order valence-electron chi connectivity index (χ0n) is 12.9. The number of hydrogen-bond donors (Lipinski definition) is 1. The summed E-state index contributed by atoms with van der Waals surface area (Å²) < 4.78 is 3.64. The highest BCUT2D eigenvalue weighted by molar-refractivity contribution is 6.36. The number of rotatable bonds is 4. The minimum atomic E-state index is 0.425. The van der Waals surface area contributed by atoms with Crippen molar-refractivity contribution >= 4 is 40.4 Å². The standard InChI is InChI=1S/C16H15Cl2N6/c1-23-6-4-11(5-7-23)10-24-16(19)15(9-20-24)22-21-14-3-2-12(17)8-13(14)18/h2-9H,10,19H2,1H3/q+1. The second kappa shape index (κ2) is 6.98. The highest BCUT2D eigenvalue weighted by Gasteiger charge is 2.08. The number of benzene rings is 1. The van der Waals surface area contributed by atoms with Crippen molar-refractivity contribution in [2.75, 3.05) is 5.73 Å². The average Bonchev–Trinajstić information content (AvgIpc) is 2.89. The van der Waals surface area contributed by atoms with Crippen LogP contribution in [0.3, 0.4) is 0 Å². The van der Waals surface area contributed by atoms with Crippen LogP contribution in [0, 0.1) is 0 Å². The molecule has 2 aromatic heterocycles. The molecule has 0 radical (unpaired) electrons. The zero-order chi connectivity index (χ0) is 17.1. The van der Waals surface area contributed by atoms with Crippen molar-refractivity contribution in [3.05, 3.63) is 64.5 Å². The Hall–Kier alpha value is -2.44. The third-order valence-electron chi connectivity index (χ3n) is 3.41. The maximum Gasteiger partial charge on any atom is 0.168 e. The summed E-state index contributed by atoms with van der Waals surface area (Å²) in [5.41, 5.74) is 8.19. The van der Waals surface area contributed by atoms with E-state index in [0.29, 0.717) is 33.8 Å². The zero-order valence-corrected chi connectivity index (χ0v) is 14.4. The van der Waals surface area contributed by atoms with Crippen molar-refractivity contribution in [3.8, 4) is 0 Å². The molecule has 8 heteroatoms. The van der Waals surface area contributed by atoms with Gasteiger partial charge in [-0.2, -0.15) is 5.10 Å². The molecule has 3 aromatic rings. The SMILES string of the molecule is C[n+]1ccc(Cn2ncc(N=Nc3ccc(Cl)cc3Cl)c2N)cc1. The first-order chi connectivity index (χ1) is 11.5. The fraction of sp³-hybridized carbons (Fsp3) is 0.125. The van der Waals surface area contributed by atoms with Gasteiger partial charge in [-0.1, -0.05) is 23.2 Å². The Labute approximate surface area is 149 Å². The van der Waals surface area contributed by atoms with Gasteiger partial charge in [-0.3, -0.25) is 0 Å². The first-order valence-corrected chi connectivity index (χ1v) is 7.91. The van der Waals surface area contributed by atoms with E-state index in [1.165, 1.54) is 0 Å². The van der Waals surface area contributed by atoms with Gasteiger partial charge in [0.15, 0.2) is 12.4 Å². The first-order valence-electron chi connectivity index (χ1n) is 7.15. The van der Waals surface area contributed by atoms with Crippen molar-refractivity contribution in [2.45, 2.75) is 6.54 Å². The van der Waals surface area contributed by atoms with E-state index in [1.54, 1.807) is 29.1 Å². The van der Waals surface area contributed by atoms with Crippen molar-refractivity contribution in [1.82, 2.24) is 9.78 Å². The molecule has 24 heavy (non-hydrogen) atoms. The van der Waals surface area contributed by atoms with Crippen molar-refractivity contribution in [3.63, 3.8) is 0 Å². The molecule has 0 saturated heterocycles. The Morgan fingerprint density at radius 2 is 1.83 bits per heavy atom. The molecule has 0 saturated carbocycles. The van der Waals surface area contributed by atoms with Gasteiger partial charge < -0.3 is 5.73 Å². The lowest BCUT2D eigenvalue weighted by Gasteiger charge is -2.03. The Kier molecular flexibility index (Phi) is 4.78. The molecule has 122 valence electrons. The smallest absolute Gasteiger partial charge is 0.168 e. The topological polar surface area (TPSA) is 72.4 Å². The summed E-state index contributed by atoms with van der Waals surface area (Å²) in [5.74, 6) is 0.442. The van der Waals surface area contributed by atoms with Gasteiger partial charge in [0.2, 0.25) is 0 Å². The monoisotopic (exact) mass is 361 g/mol.